The van der Waals surface area contributed by atoms with E-state index in [1.807, 2.05) is 0 Å². The van der Waals surface area contributed by atoms with Crippen LogP contribution in [0.25, 0.3) is 0 Å². The Hall–Kier alpha value is -2.44. The highest BCUT2D eigenvalue weighted by Crippen LogP contribution is 2.28. The van der Waals surface area contributed by atoms with Gasteiger partial charge >= 0.3 is 0 Å². The Morgan fingerprint density at radius 3 is 2.83 bits per heavy atom. The van der Waals surface area contributed by atoms with Crippen molar-refractivity contribution >= 4 is 17.8 Å². The van der Waals surface area contributed by atoms with Crippen LogP contribution in [0.15, 0.2) is 23.3 Å². The van der Waals surface area contributed by atoms with Crippen molar-refractivity contribution in [3.63, 3.8) is 0 Å². The molecule has 2 rings (SSSR count). The molecule has 1 saturated carbocycles. The summed E-state index contributed by atoms with van der Waals surface area (Å²) in [5.41, 5.74) is 2.17. The van der Waals surface area contributed by atoms with Crippen LogP contribution in [-0.2, 0) is 4.79 Å². The Bertz CT molecular complexity index is 523. The molecule has 0 aromatic heterocycles. The molecule has 1 amide bonds. The first-order chi connectivity index (χ1) is 8.58. The smallest absolute Gasteiger partial charge is 0.270 e. The van der Waals surface area contributed by atoms with E-state index in [-0.39, 0.29) is 28.8 Å². The molecule has 1 N–H and O–H groups in total. The van der Waals surface area contributed by atoms with Crippen LogP contribution in [0, 0.1) is 16.0 Å². The molecule has 0 unspecified atom stereocenters. The molecule has 1 aromatic carbocycles. The number of benzene rings is 1. The minimum Gasteiger partial charge on any atom is -0.872 e. The maximum Gasteiger partial charge on any atom is 0.270 e. The second-order valence-corrected chi connectivity index (χ2v) is 3.99. The predicted octanol–water partition coefficient (Wildman–Crippen LogP) is 0.528. The van der Waals surface area contributed by atoms with Crippen LogP contribution in [-0.4, -0.2) is 17.0 Å². The van der Waals surface area contributed by atoms with Crippen LogP contribution in [0.2, 0.25) is 0 Å². The molecule has 94 valence electrons. The molecule has 0 spiro atoms. The quantitative estimate of drug-likeness (QED) is 0.476. The topological polar surface area (TPSA) is 108 Å². The van der Waals surface area contributed by atoms with Gasteiger partial charge in [-0.25, -0.2) is 5.43 Å². The summed E-state index contributed by atoms with van der Waals surface area (Å²) in [6.07, 6.45) is 2.82. The van der Waals surface area contributed by atoms with Crippen molar-refractivity contribution < 1.29 is 14.8 Å². The molecule has 0 saturated heterocycles. The zero-order valence-corrected chi connectivity index (χ0v) is 9.33. The van der Waals surface area contributed by atoms with Gasteiger partial charge in [-0.3, -0.25) is 14.9 Å². The third-order valence-corrected chi connectivity index (χ3v) is 2.53. The number of carbonyl (C=O) groups is 1. The van der Waals surface area contributed by atoms with Crippen molar-refractivity contribution in [3.8, 4) is 5.75 Å². The predicted molar refractivity (Wildman–Crippen MR) is 61.0 cm³/mol. The van der Waals surface area contributed by atoms with Crippen molar-refractivity contribution in [1.82, 2.24) is 5.43 Å². The summed E-state index contributed by atoms with van der Waals surface area (Å²) in [6.45, 7) is 0. The molecule has 7 nitrogen and oxygen atoms in total. The average Bonchev–Trinajstić information content (AvgIpc) is 3.15. The lowest BCUT2D eigenvalue weighted by molar-refractivity contribution is -0.385. The lowest BCUT2D eigenvalue weighted by Crippen LogP contribution is -2.19. The first-order valence-electron chi connectivity index (χ1n) is 5.36. The molecule has 7 heteroatoms. The van der Waals surface area contributed by atoms with Gasteiger partial charge in [0.25, 0.3) is 5.69 Å². The van der Waals surface area contributed by atoms with Gasteiger partial charge in [0.1, 0.15) is 0 Å². The van der Waals surface area contributed by atoms with E-state index in [1.54, 1.807) is 0 Å². The van der Waals surface area contributed by atoms with Crippen LogP contribution in [0.1, 0.15) is 18.4 Å². The van der Waals surface area contributed by atoms with E-state index >= 15 is 0 Å². The van der Waals surface area contributed by atoms with E-state index in [2.05, 4.69) is 10.5 Å². The van der Waals surface area contributed by atoms with Crippen LogP contribution < -0.4 is 10.5 Å². The van der Waals surface area contributed by atoms with Crippen LogP contribution in [0.3, 0.4) is 0 Å². The Kier molecular flexibility index (Phi) is 3.22. The monoisotopic (exact) mass is 248 g/mol. The van der Waals surface area contributed by atoms with Crippen molar-refractivity contribution in [2.24, 2.45) is 11.0 Å². The summed E-state index contributed by atoms with van der Waals surface area (Å²) in [6, 6.07) is 3.35. The van der Waals surface area contributed by atoms with E-state index in [9.17, 15) is 20.0 Å². The number of nitrogens with zero attached hydrogens (tertiary/aromatic N) is 2. The van der Waals surface area contributed by atoms with Crippen molar-refractivity contribution in [2.45, 2.75) is 12.8 Å². The third-order valence-electron chi connectivity index (χ3n) is 2.53. The molecule has 1 aliphatic carbocycles. The van der Waals surface area contributed by atoms with Crippen LogP contribution >= 0.6 is 0 Å². The van der Waals surface area contributed by atoms with Crippen molar-refractivity contribution in [3.05, 3.63) is 33.9 Å². The third kappa shape index (κ3) is 2.82. The van der Waals surface area contributed by atoms with Gasteiger partial charge in [0.2, 0.25) is 5.91 Å². The molecule has 0 bridgehead atoms. The Balaban J connectivity index is 2.07. The number of nitro benzene ring substituents is 1. The van der Waals surface area contributed by atoms with E-state index < -0.39 is 4.92 Å². The fourth-order valence-electron chi connectivity index (χ4n) is 1.35. The van der Waals surface area contributed by atoms with Crippen molar-refractivity contribution in [1.29, 1.82) is 0 Å². The summed E-state index contributed by atoms with van der Waals surface area (Å²) in [5, 5.41) is 25.5. The molecule has 1 aromatic rings. The van der Waals surface area contributed by atoms with Gasteiger partial charge in [0.15, 0.2) is 0 Å². The lowest BCUT2D eigenvalue weighted by atomic mass is 10.2. The van der Waals surface area contributed by atoms with E-state index in [0.717, 1.165) is 37.3 Å². The Morgan fingerprint density at radius 1 is 1.50 bits per heavy atom. The Morgan fingerprint density at radius 2 is 2.22 bits per heavy atom. The summed E-state index contributed by atoms with van der Waals surface area (Å²) in [4.78, 5) is 21.2. The van der Waals surface area contributed by atoms with Gasteiger partial charge < -0.3 is 5.11 Å². The second kappa shape index (κ2) is 4.82. The molecular formula is C11H10N3O4-. The summed E-state index contributed by atoms with van der Waals surface area (Å²) >= 11 is 0. The summed E-state index contributed by atoms with van der Waals surface area (Å²) in [7, 11) is 0. The molecule has 0 atom stereocenters. The number of nitro groups is 1. The molecule has 1 fully saturated rings. The van der Waals surface area contributed by atoms with Gasteiger partial charge in [-0.15, -0.1) is 0 Å². The van der Waals surface area contributed by atoms with Gasteiger partial charge in [-0.2, -0.15) is 5.10 Å². The number of carbonyl (C=O) groups excluding carboxylic acids is 1. The van der Waals surface area contributed by atoms with E-state index in [4.69, 9.17) is 0 Å². The summed E-state index contributed by atoms with van der Waals surface area (Å²) in [5.74, 6) is -0.562. The largest absolute Gasteiger partial charge is 0.872 e. The number of hydrogen-bond donors (Lipinski definition) is 1. The highest BCUT2D eigenvalue weighted by atomic mass is 16.6. The van der Waals surface area contributed by atoms with Gasteiger partial charge in [-0.1, -0.05) is 11.8 Å². The number of hydrogen-bond acceptors (Lipinski definition) is 5. The minimum atomic E-state index is -0.598. The molecular weight excluding hydrogens is 238 g/mol. The first kappa shape index (κ1) is 12.0. The average molecular weight is 248 g/mol. The number of hydrazone groups is 1. The second-order valence-electron chi connectivity index (χ2n) is 3.99. The fourth-order valence-corrected chi connectivity index (χ4v) is 1.35. The maximum atomic E-state index is 11.4. The molecule has 0 radical (unpaired) electrons. The number of rotatable bonds is 4. The number of amides is 1. The number of non-ortho nitro benzene ring substituents is 1. The van der Waals surface area contributed by atoms with Crippen LogP contribution in [0.5, 0.6) is 5.75 Å². The standard InChI is InChI=1S/C11H11N3O4/c15-10-4-3-9(14(17)18)5-8(10)6-12-13-11(16)7-1-2-7/h3-7,15H,1-2H2,(H,13,16)/p-1. The van der Waals surface area contributed by atoms with E-state index in [0.29, 0.717) is 0 Å². The zero-order chi connectivity index (χ0) is 13.1. The summed E-state index contributed by atoms with van der Waals surface area (Å²) < 4.78 is 0. The molecule has 18 heavy (non-hydrogen) atoms. The maximum absolute atomic E-state index is 11.4. The van der Waals surface area contributed by atoms with E-state index in [1.165, 1.54) is 0 Å². The zero-order valence-electron chi connectivity index (χ0n) is 9.33. The molecule has 1 aliphatic rings. The van der Waals surface area contributed by atoms with Crippen LogP contribution in [0.4, 0.5) is 5.69 Å². The number of nitrogens with one attached hydrogen (secondary N) is 1. The molecule has 0 aliphatic heterocycles. The normalized spacial score (nSPS) is 14.7. The first-order valence-corrected chi connectivity index (χ1v) is 5.36. The SMILES string of the molecule is O=C(NN=Cc1cc([N+](=O)[O-])ccc1[O-])C1CC1. The highest BCUT2D eigenvalue weighted by molar-refractivity contribution is 5.86. The minimum absolute atomic E-state index is 0.0129. The Labute approximate surface area is 102 Å². The van der Waals surface area contributed by atoms with Gasteiger partial charge in [-0.05, 0) is 18.4 Å². The molecule has 0 heterocycles. The van der Waals surface area contributed by atoms with Gasteiger partial charge in [0.05, 0.1) is 11.1 Å². The van der Waals surface area contributed by atoms with Crippen molar-refractivity contribution in [2.75, 3.05) is 0 Å². The fraction of sp³-hybridized carbons (Fsp3) is 0.273. The highest BCUT2D eigenvalue weighted by Gasteiger charge is 2.29. The van der Waals surface area contributed by atoms with Gasteiger partial charge in [0, 0.05) is 18.1 Å². The lowest BCUT2D eigenvalue weighted by Gasteiger charge is -2.08.